The summed E-state index contributed by atoms with van der Waals surface area (Å²) in [5, 5.41) is 6.14. The quantitative estimate of drug-likeness (QED) is 0.664. The van der Waals surface area contributed by atoms with Crippen LogP contribution < -0.4 is 10.6 Å². The minimum absolute atomic E-state index is 0.0238. The molecule has 3 rings (SSSR count). The Morgan fingerprint density at radius 2 is 1.89 bits per heavy atom. The molecule has 1 aromatic rings. The third-order valence-corrected chi connectivity index (χ3v) is 6.55. The highest BCUT2D eigenvalue weighted by Crippen LogP contribution is 2.16. The zero-order valence-corrected chi connectivity index (χ0v) is 16.2. The van der Waals surface area contributed by atoms with Gasteiger partial charge < -0.3 is 20.1 Å². The summed E-state index contributed by atoms with van der Waals surface area (Å²) in [6.45, 7) is 3.88. The van der Waals surface area contributed by atoms with Gasteiger partial charge in [0.2, 0.25) is 15.9 Å². The first-order valence-corrected chi connectivity index (χ1v) is 10.9. The summed E-state index contributed by atoms with van der Waals surface area (Å²) < 4.78 is 37.4. The first-order valence-electron chi connectivity index (χ1n) is 9.25. The van der Waals surface area contributed by atoms with Gasteiger partial charge in [-0.3, -0.25) is 4.79 Å². The molecule has 2 fully saturated rings. The van der Waals surface area contributed by atoms with Crippen LogP contribution in [0.4, 0.5) is 0 Å². The lowest BCUT2D eigenvalue weighted by atomic mass is 10.1. The molecule has 150 valence electrons. The molecule has 0 spiro atoms. The van der Waals surface area contributed by atoms with Gasteiger partial charge in [0.25, 0.3) is 0 Å². The van der Waals surface area contributed by atoms with E-state index in [0.717, 1.165) is 12.1 Å². The lowest BCUT2D eigenvalue weighted by Crippen LogP contribution is -2.44. The molecule has 9 heteroatoms. The highest BCUT2D eigenvalue weighted by atomic mass is 32.2. The van der Waals surface area contributed by atoms with E-state index in [1.54, 1.807) is 6.07 Å². The number of hydrogen-bond acceptors (Lipinski definition) is 6. The van der Waals surface area contributed by atoms with Gasteiger partial charge in [-0.1, -0.05) is 24.3 Å². The average molecular weight is 397 g/mol. The number of carbonyl (C=O) groups excluding carboxylic acids is 1. The fourth-order valence-electron chi connectivity index (χ4n) is 3.22. The Balaban J connectivity index is 1.57. The Labute approximate surface area is 160 Å². The summed E-state index contributed by atoms with van der Waals surface area (Å²) in [6.07, 6.45) is 0.342. The largest absolute Gasteiger partial charge is 0.379 e. The van der Waals surface area contributed by atoms with E-state index in [2.05, 4.69) is 10.6 Å². The molecule has 0 aliphatic carbocycles. The average Bonchev–Trinajstić information content (AvgIpc) is 2.68. The Bertz CT molecular complexity index is 728. The maximum Gasteiger partial charge on any atom is 0.221 e. The standard InChI is InChI=1S/C18H27N3O5S/c22-18(11-17-13-26-8-5-19-17)20-12-15-3-1-2-4-16(15)14-27(23,24)21-6-9-25-10-7-21/h1-4,17,19H,5-14H2,(H,20,22). The second-order valence-electron chi connectivity index (χ2n) is 6.74. The van der Waals surface area contributed by atoms with Crippen molar-refractivity contribution in [2.75, 3.05) is 46.1 Å². The molecule has 1 amide bonds. The minimum Gasteiger partial charge on any atom is -0.379 e. The van der Waals surface area contributed by atoms with Crippen LogP contribution in [0.25, 0.3) is 0 Å². The van der Waals surface area contributed by atoms with Crippen LogP contribution in [0.15, 0.2) is 24.3 Å². The number of carbonyl (C=O) groups is 1. The van der Waals surface area contributed by atoms with Gasteiger partial charge in [-0.15, -0.1) is 0 Å². The van der Waals surface area contributed by atoms with Gasteiger partial charge in [-0.05, 0) is 11.1 Å². The van der Waals surface area contributed by atoms with E-state index < -0.39 is 10.0 Å². The number of hydrogen-bond donors (Lipinski definition) is 2. The molecule has 2 aliphatic heterocycles. The smallest absolute Gasteiger partial charge is 0.221 e. The van der Waals surface area contributed by atoms with Crippen molar-refractivity contribution >= 4 is 15.9 Å². The molecule has 27 heavy (non-hydrogen) atoms. The van der Waals surface area contributed by atoms with Crippen molar-refractivity contribution in [1.29, 1.82) is 0 Å². The van der Waals surface area contributed by atoms with Crippen molar-refractivity contribution in [1.82, 2.24) is 14.9 Å². The fourth-order valence-corrected chi connectivity index (χ4v) is 4.79. The second-order valence-corrected chi connectivity index (χ2v) is 8.71. The predicted molar refractivity (Wildman–Crippen MR) is 101 cm³/mol. The lowest BCUT2D eigenvalue weighted by molar-refractivity contribution is -0.122. The zero-order valence-electron chi connectivity index (χ0n) is 15.4. The number of sulfonamides is 1. The van der Waals surface area contributed by atoms with Crippen LogP contribution in [-0.4, -0.2) is 70.7 Å². The van der Waals surface area contributed by atoms with Crippen molar-refractivity contribution < 1.29 is 22.7 Å². The molecule has 8 nitrogen and oxygen atoms in total. The molecule has 1 unspecified atom stereocenters. The van der Waals surface area contributed by atoms with Crippen LogP contribution >= 0.6 is 0 Å². The van der Waals surface area contributed by atoms with Crippen LogP contribution in [0.1, 0.15) is 17.5 Å². The Kier molecular flexibility index (Phi) is 7.20. The van der Waals surface area contributed by atoms with Gasteiger partial charge in [-0.2, -0.15) is 4.31 Å². The van der Waals surface area contributed by atoms with Crippen LogP contribution in [0.5, 0.6) is 0 Å². The summed E-state index contributed by atoms with van der Waals surface area (Å²) in [5.41, 5.74) is 1.53. The Morgan fingerprint density at radius 3 is 2.59 bits per heavy atom. The van der Waals surface area contributed by atoms with E-state index in [-0.39, 0.29) is 17.7 Å². The Hall–Kier alpha value is -1.52. The molecule has 1 aromatic carbocycles. The highest BCUT2D eigenvalue weighted by molar-refractivity contribution is 7.88. The molecule has 0 radical (unpaired) electrons. The SMILES string of the molecule is O=C(CC1COCCN1)NCc1ccccc1CS(=O)(=O)N1CCOCC1. The van der Waals surface area contributed by atoms with E-state index in [4.69, 9.17) is 9.47 Å². The summed E-state index contributed by atoms with van der Waals surface area (Å²) in [6, 6.07) is 7.35. The van der Waals surface area contributed by atoms with Crippen molar-refractivity contribution in [3.8, 4) is 0 Å². The van der Waals surface area contributed by atoms with E-state index in [1.165, 1.54) is 4.31 Å². The molecule has 0 saturated carbocycles. The number of nitrogens with one attached hydrogen (secondary N) is 2. The van der Waals surface area contributed by atoms with Crippen molar-refractivity contribution in [2.24, 2.45) is 0 Å². The molecular weight excluding hydrogens is 370 g/mol. The van der Waals surface area contributed by atoms with Crippen molar-refractivity contribution in [3.05, 3.63) is 35.4 Å². The lowest BCUT2D eigenvalue weighted by Gasteiger charge is -2.26. The van der Waals surface area contributed by atoms with E-state index in [0.29, 0.717) is 58.0 Å². The maximum absolute atomic E-state index is 12.7. The molecule has 0 bridgehead atoms. The van der Waals surface area contributed by atoms with Crippen LogP contribution in [0.2, 0.25) is 0 Å². The van der Waals surface area contributed by atoms with E-state index in [1.807, 2.05) is 18.2 Å². The maximum atomic E-state index is 12.7. The monoisotopic (exact) mass is 397 g/mol. The van der Waals surface area contributed by atoms with Gasteiger partial charge in [0.1, 0.15) is 0 Å². The minimum atomic E-state index is -3.41. The molecule has 2 N–H and O–H groups in total. The summed E-state index contributed by atoms with van der Waals surface area (Å²) in [5.74, 6) is -0.152. The van der Waals surface area contributed by atoms with E-state index in [9.17, 15) is 13.2 Å². The van der Waals surface area contributed by atoms with Crippen LogP contribution in [-0.2, 0) is 36.6 Å². The van der Waals surface area contributed by atoms with Crippen LogP contribution in [0, 0.1) is 0 Å². The number of amides is 1. The molecule has 1 atom stereocenters. The van der Waals surface area contributed by atoms with Gasteiger partial charge in [-0.25, -0.2) is 8.42 Å². The highest BCUT2D eigenvalue weighted by Gasteiger charge is 2.25. The van der Waals surface area contributed by atoms with Gasteiger partial charge in [0.05, 0.1) is 32.2 Å². The third kappa shape index (κ3) is 5.98. The number of benzene rings is 1. The number of nitrogens with zero attached hydrogens (tertiary/aromatic N) is 1. The Morgan fingerprint density at radius 1 is 1.15 bits per heavy atom. The van der Waals surface area contributed by atoms with Gasteiger partial charge >= 0.3 is 0 Å². The topological polar surface area (TPSA) is 97.0 Å². The van der Waals surface area contributed by atoms with Gasteiger partial charge in [0, 0.05) is 38.6 Å². The summed E-state index contributed by atoms with van der Waals surface area (Å²) >= 11 is 0. The third-order valence-electron chi connectivity index (χ3n) is 4.73. The first kappa shape index (κ1) is 20.2. The van der Waals surface area contributed by atoms with Crippen molar-refractivity contribution in [2.45, 2.75) is 24.8 Å². The fraction of sp³-hybridized carbons (Fsp3) is 0.611. The molecule has 0 aromatic heterocycles. The number of rotatable bonds is 7. The van der Waals surface area contributed by atoms with Crippen LogP contribution in [0.3, 0.4) is 0 Å². The molecule has 2 heterocycles. The van der Waals surface area contributed by atoms with Crippen molar-refractivity contribution in [3.63, 3.8) is 0 Å². The summed E-state index contributed by atoms with van der Waals surface area (Å²) in [4.78, 5) is 12.2. The molecule has 2 saturated heterocycles. The zero-order chi connectivity index (χ0) is 19.1. The number of ether oxygens (including phenoxy) is 2. The molecular formula is C18H27N3O5S. The summed E-state index contributed by atoms with van der Waals surface area (Å²) in [7, 11) is -3.41. The first-order chi connectivity index (χ1) is 13.0. The van der Waals surface area contributed by atoms with E-state index >= 15 is 0 Å². The second kappa shape index (κ2) is 9.61. The number of morpholine rings is 2. The normalized spacial score (nSPS) is 21.7. The predicted octanol–water partition coefficient (Wildman–Crippen LogP) is -0.157. The van der Waals surface area contributed by atoms with Gasteiger partial charge in [0.15, 0.2) is 0 Å². The molecule has 2 aliphatic rings.